The minimum absolute atomic E-state index is 0.129. The summed E-state index contributed by atoms with van der Waals surface area (Å²) < 4.78 is 0. The Hall–Kier alpha value is -1.44. The number of hydrogen-bond acceptors (Lipinski definition) is 2. The van der Waals surface area contributed by atoms with Crippen LogP contribution in [0.2, 0.25) is 0 Å². The van der Waals surface area contributed by atoms with Gasteiger partial charge in [0.2, 0.25) is 0 Å². The third-order valence-electron chi connectivity index (χ3n) is 3.19. The zero-order chi connectivity index (χ0) is 11.4. The Morgan fingerprint density at radius 1 is 1.12 bits per heavy atom. The summed E-state index contributed by atoms with van der Waals surface area (Å²) in [6, 6.07) is 8.43. The van der Waals surface area contributed by atoms with E-state index >= 15 is 0 Å². The molecule has 1 saturated carbocycles. The van der Waals surface area contributed by atoms with Crippen LogP contribution in [0, 0.1) is 0 Å². The highest BCUT2D eigenvalue weighted by Gasteiger charge is 2.12. The van der Waals surface area contributed by atoms with Crippen molar-refractivity contribution in [3.63, 3.8) is 0 Å². The molecular formula is C14H19NO. The van der Waals surface area contributed by atoms with Crippen molar-refractivity contribution in [2.24, 2.45) is 0 Å². The lowest BCUT2D eigenvalue weighted by atomic mass is 9.95. The summed E-state index contributed by atoms with van der Waals surface area (Å²) in [6.07, 6.45) is 6.59. The van der Waals surface area contributed by atoms with Gasteiger partial charge in [0.05, 0.1) is 0 Å². The van der Waals surface area contributed by atoms with Gasteiger partial charge in [0.15, 0.2) is 0 Å². The monoisotopic (exact) mass is 217 g/mol. The summed E-state index contributed by atoms with van der Waals surface area (Å²) in [4.78, 5) is 0. The molecule has 0 atom stereocenters. The third kappa shape index (κ3) is 2.78. The molecule has 1 aliphatic rings. The predicted molar refractivity (Wildman–Crippen MR) is 68.6 cm³/mol. The van der Waals surface area contributed by atoms with Crippen LogP contribution in [0.3, 0.4) is 0 Å². The standard InChI is InChI=1S/C14H19NO/c1-11(16)12-7-9-14(10-8-12)15-13-5-3-2-4-6-13/h7-10,13,15-16H,1-6H2. The molecule has 2 nitrogen and oxygen atoms in total. The smallest absolute Gasteiger partial charge is 0.115 e. The molecule has 0 radical (unpaired) electrons. The van der Waals surface area contributed by atoms with Gasteiger partial charge < -0.3 is 10.4 Å². The summed E-state index contributed by atoms with van der Waals surface area (Å²) in [5, 5.41) is 12.8. The molecule has 0 bridgehead atoms. The molecule has 1 fully saturated rings. The highest BCUT2D eigenvalue weighted by Crippen LogP contribution is 2.22. The first kappa shape index (κ1) is 11.1. The van der Waals surface area contributed by atoms with Crippen molar-refractivity contribution in [1.29, 1.82) is 0 Å². The quantitative estimate of drug-likeness (QED) is 0.751. The summed E-state index contributed by atoms with van der Waals surface area (Å²) in [5.41, 5.74) is 1.92. The van der Waals surface area contributed by atoms with E-state index in [1.165, 1.54) is 32.1 Å². The minimum Gasteiger partial charge on any atom is -0.508 e. The SMILES string of the molecule is C=C(O)c1ccc(NC2CCCCC2)cc1. The fourth-order valence-corrected chi connectivity index (χ4v) is 2.24. The Labute approximate surface area is 97.0 Å². The molecule has 86 valence electrons. The number of hydrogen-bond donors (Lipinski definition) is 2. The fourth-order valence-electron chi connectivity index (χ4n) is 2.24. The predicted octanol–water partition coefficient (Wildman–Crippen LogP) is 3.96. The van der Waals surface area contributed by atoms with Crippen LogP contribution in [0.15, 0.2) is 30.8 Å². The van der Waals surface area contributed by atoms with E-state index in [1.807, 2.05) is 24.3 Å². The molecule has 2 N–H and O–H groups in total. The first-order chi connectivity index (χ1) is 7.75. The van der Waals surface area contributed by atoms with Gasteiger partial charge in [-0.2, -0.15) is 0 Å². The molecule has 1 aromatic rings. The van der Waals surface area contributed by atoms with Crippen LogP contribution in [-0.2, 0) is 0 Å². The van der Waals surface area contributed by atoms with E-state index in [2.05, 4.69) is 11.9 Å². The molecular weight excluding hydrogens is 198 g/mol. The lowest BCUT2D eigenvalue weighted by Crippen LogP contribution is -2.22. The number of nitrogens with one attached hydrogen (secondary N) is 1. The van der Waals surface area contributed by atoms with Crippen LogP contribution in [0.5, 0.6) is 0 Å². The summed E-state index contributed by atoms with van der Waals surface area (Å²) in [5.74, 6) is 0.129. The third-order valence-corrected chi connectivity index (χ3v) is 3.19. The number of rotatable bonds is 3. The van der Waals surface area contributed by atoms with Gasteiger partial charge in [-0.25, -0.2) is 0 Å². The van der Waals surface area contributed by atoms with Gasteiger partial charge >= 0.3 is 0 Å². The Bertz CT molecular complexity index is 350. The Kier molecular flexibility index (Phi) is 3.50. The van der Waals surface area contributed by atoms with Crippen molar-refractivity contribution >= 4 is 11.4 Å². The molecule has 0 aliphatic heterocycles. The largest absolute Gasteiger partial charge is 0.508 e. The van der Waals surface area contributed by atoms with E-state index in [1.54, 1.807) is 0 Å². The van der Waals surface area contributed by atoms with Crippen molar-refractivity contribution in [2.75, 3.05) is 5.32 Å². The first-order valence-electron chi connectivity index (χ1n) is 6.00. The molecule has 0 aromatic heterocycles. The highest BCUT2D eigenvalue weighted by atomic mass is 16.3. The maximum absolute atomic E-state index is 9.22. The van der Waals surface area contributed by atoms with Gasteiger partial charge in [-0.3, -0.25) is 0 Å². The maximum atomic E-state index is 9.22. The summed E-state index contributed by atoms with van der Waals surface area (Å²) >= 11 is 0. The highest BCUT2D eigenvalue weighted by molar-refractivity contribution is 5.59. The Morgan fingerprint density at radius 3 is 2.31 bits per heavy atom. The molecule has 0 spiro atoms. The molecule has 0 unspecified atom stereocenters. The molecule has 2 rings (SSSR count). The molecule has 0 saturated heterocycles. The maximum Gasteiger partial charge on any atom is 0.115 e. The topological polar surface area (TPSA) is 32.3 Å². The van der Waals surface area contributed by atoms with Crippen molar-refractivity contribution in [3.8, 4) is 0 Å². The second kappa shape index (κ2) is 5.06. The van der Waals surface area contributed by atoms with Gasteiger partial charge in [0, 0.05) is 17.3 Å². The lowest BCUT2D eigenvalue weighted by Gasteiger charge is -2.23. The van der Waals surface area contributed by atoms with Gasteiger partial charge in [-0.05, 0) is 37.1 Å². The van der Waals surface area contributed by atoms with E-state index in [9.17, 15) is 5.11 Å². The van der Waals surface area contributed by atoms with Crippen LogP contribution in [0.1, 0.15) is 37.7 Å². The molecule has 1 aliphatic carbocycles. The van der Waals surface area contributed by atoms with Crippen LogP contribution < -0.4 is 5.32 Å². The molecule has 0 amide bonds. The number of benzene rings is 1. The van der Waals surface area contributed by atoms with E-state index in [4.69, 9.17) is 0 Å². The normalized spacial score (nSPS) is 17.0. The zero-order valence-electron chi connectivity index (χ0n) is 9.58. The van der Waals surface area contributed by atoms with Crippen LogP contribution in [-0.4, -0.2) is 11.1 Å². The van der Waals surface area contributed by atoms with Crippen LogP contribution >= 0.6 is 0 Å². The number of aliphatic hydroxyl groups is 1. The van der Waals surface area contributed by atoms with E-state index in [0.29, 0.717) is 6.04 Å². The van der Waals surface area contributed by atoms with Crippen LogP contribution in [0.4, 0.5) is 5.69 Å². The van der Waals surface area contributed by atoms with Gasteiger partial charge in [-0.1, -0.05) is 25.8 Å². The Balaban J connectivity index is 1.96. The average Bonchev–Trinajstić information content (AvgIpc) is 2.31. The van der Waals surface area contributed by atoms with E-state index < -0.39 is 0 Å². The molecule has 0 heterocycles. The number of anilines is 1. The van der Waals surface area contributed by atoms with Crippen molar-refractivity contribution in [3.05, 3.63) is 36.4 Å². The fraction of sp³-hybridized carbons (Fsp3) is 0.429. The lowest BCUT2D eigenvalue weighted by molar-refractivity contribution is 0.463. The molecule has 16 heavy (non-hydrogen) atoms. The first-order valence-corrected chi connectivity index (χ1v) is 6.00. The molecule has 1 aromatic carbocycles. The average molecular weight is 217 g/mol. The van der Waals surface area contributed by atoms with Crippen molar-refractivity contribution in [1.82, 2.24) is 0 Å². The minimum atomic E-state index is 0.129. The second-order valence-electron chi connectivity index (χ2n) is 4.50. The van der Waals surface area contributed by atoms with Crippen molar-refractivity contribution < 1.29 is 5.11 Å². The molecule has 2 heteroatoms. The van der Waals surface area contributed by atoms with Gasteiger partial charge in [-0.15, -0.1) is 0 Å². The van der Waals surface area contributed by atoms with Crippen LogP contribution in [0.25, 0.3) is 5.76 Å². The second-order valence-corrected chi connectivity index (χ2v) is 4.50. The van der Waals surface area contributed by atoms with Gasteiger partial charge in [0.1, 0.15) is 5.76 Å². The van der Waals surface area contributed by atoms with Crippen molar-refractivity contribution in [2.45, 2.75) is 38.1 Å². The van der Waals surface area contributed by atoms with E-state index in [-0.39, 0.29) is 5.76 Å². The van der Waals surface area contributed by atoms with E-state index in [0.717, 1.165) is 11.3 Å². The van der Waals surface area contributed by atoms with Gasteiger partial charge in [0.25, 0.3) is 0 Å². The summed E-state index contributed by atoms with van der Waals surface area (Å²) in [6.45, 7) is 3.51. The number of aliphatic hydroxyl groups excluding tert-OH is 1. The zero-order valence-corrected chi connectivity index (χ0v) is 9.58. The Morgan fingerprint density at radius 2 is 1.75 bits per heavy atom. The summed E-state index contributed by atoms with van der Waals surface area (Å²) in [7, 11) is 0.